The van der Waals surface area contributed by atoms with E-state index in [1.807, 2.05) is 83.6 Å². The number of nitrogens with one attached hydrogen (secondary N) is 1. The van der Waals surface area contributed by atoms with Crippen LogP contribution in [0.1, 0.15) is 16.2 Å². The van der Waals surface area contributed by atoms with Crippen LogP contribution in [0.4, 0.5) is 11.4 Å². The molecule has 0 saturated carbocycles. The maximum Gasteiger partial charge on any atom is 0.141 e. The van der Waals surface area contributed by atoms with Crippen molar-refractivity contribution in [2.45, 2.75) is 18.6 Å². The van der Waals surface area contributed by atoms with Gasteiger partial charge in [-0.2, -0.15) is 0 Å². The van der Waals surface area contributed by atoms with Crippen LogP contribution in [0, 0.1) is 0 Å². The number of rotatable bonds is 9. The molecule has 1 aliphatic rings. The lowest BCUT2D eigenvalue weighted by Crippen LogP contribution is -2.28. The summed E-state index contributed by atoms with van der Waals surface area (Å²) >= 11 is 3.14. The highest BCUT2D eigenvalue weighted by molar-refractivity contribution is 7.12. The first-order chi connectivity index (χ1) is 17.6. The van der Waals surface area contributed by atoms with Crippen molar-refractivity contribution in [2.75, 3.05) is 13.2 Å². The lowest BCUT2D eigenvalue weighted by Gasteiger charge is -2.14. The number of aliphatic imine (C=N–C) groups is 2. The van der Waals surface area contributed by atoms with E-state index in [4.69, 9.17) is 20.9 Å². The molecule has 1 aliphatic heterocycles. The maximum atomic E-state index is 6.20. The molecule has 1 saturated heterocycles. The van der Waals surface area contributed by atoms with Crippen LogP contribution >= 0.6 is 22.7 Å². The fraction of sp³-hybridized carbons (Fsp3) is 0.185. The van der Waals surface area contributed by atoms with E-state index >= 15 is 0 Å². The zero-order chi connectivity index (χ0) is 24.7. The van der Waals surface area contributed by atoms with E-state index in [0.717, 1.165) is 45.6 Å². The van der Waals surface area contributed by atoms with Crippen LogP contribution < -0.4 is 26.3 Å². The first kappa shape index (κ1) is 24.1. The maximum absolute atomic E-state index is 6.20. The van der Waals surface area contributed by atoms with Crippen LogP contribution in [0.25, 0.3) is 0 Å². The van der Waals surface area contributed by atoms with Crippen molar-refractivity contribution in [1.82, 2.24) is 5.32 Å². The van der Waals surface area contributed by atoms with Crippen molar-refractivity contribution < 1.29 is 9.47 Å². The summed E-state index contributed by atoms with van der Waals surface area (Å²) in [6, 6.07) is 23.4. The van der Waals surface area contributed by atoms with Crippen molar-refractivity contribution in [1.29, 1.82) is 0 Å². The minimum Gasteiger partial charge on any atom is -0.492 e. The SMILES string of the molecule is NC(=Nc1ccc(OC[C@@H]2C[C@@H](Oc3cccc(N=C(N)c4cccs4)c3)CN2)cc1)c1cccs1. The van der Waals surface area contributed by atoms with E-state index in [0.29, 0.717) is 18.3 Å². The summed E-state index contributed by atoms with van der Waals surface area (Å²) in [5.74, 6) is 2.60. The predicted octanol–water partition coefficient (Wildman–Crippen LogP) is 5.07. The summed E-state index contributed by atoms with van der Waals surface area (Å²) in [5.41, 5.74) is 13.8. The number of benzene rings is 2. The normalized spacial score (nSPS) is 18.3. The highest BCUT2D eigenvalue weighted by atomic mass is 32.1. The predicted molar refractivity (Wildman–Crippen MR) is 149 cm³/mol. The summed E-state index contributed by atoms with van der Waals surface area (Å²) in [5, 5.41) is 7.45. The monoisotopic (exact) mass is 517 g/mol. The van der Waals surface area contributed by atoms with Crippen molar-refractivity contribution >= 4 is 45.7 Å². The third-order valence-electron chi connectivity index (χ3n) is 5.64. The fourth-order valence-electron chi connectivity index (χ4n) is 3.87. The smallest absolute Gasteiger partial charge is 0.141 e. The topological polar surface area (TPSA) is 107 Å². The van der Waals surface area contributed by atoms with Gasteiger partial charge in [-0.05, 0) is 59.3 Å². The number of hydrogen-bond donors (Lipinski definition) is 3. The molecule has 2 aromatic carbocycles. The molecule has 0 unspecified atom stereocenters. The van der Waals surface area contributed by atoms with Crippen LogP contribution in [0.15, 0.2) is 93.5 Å². The molecule has 5 N–H and O–H groups in total. The molecule has 0 radical (unpaired) electrons. The van der Waals surface area contributed by atoms with Gasteiger partial charge in [-0.25, -0.2) is 9.98 Å². The Bertz CT molecular complexity index is 1320. The fourth-order valence-corrected chi connectivity index (χ4v) is 5.12. The van der Waals surface area contributed by atoms with E-state index in [1.54, 1.807) is 22.7 Å². The van der Waals surface area contributed by atoms with Gasteiger partial charge < -0.3 is 26.3 Å². The molecule has 2 aromatic heterocycles. The molecule has 0 amide bonds. The third kappa shape index (κ3) is 6.31. The molecule has 0 spiro atoms. The number of nitrogens with two attached hydrogens (primary N) is 2. The number of ether oxygens (including phenoxy) is 2. The Balaban J connectivity index is 1.11. The van der Waals surface area contributed by atoms with Crippen molar-refractivity contribution in [2.24, 2.45) is 21.5 Å². The first-order valence-electron chi connectivity index (χ1n) is 11.6. The summed E-state index contributed by atoms with van der Waals surface area (Å²) in [6.45, 7) is 1.32. The minimum atomic E-state index is 0.0596. The van der Waals surface area contributed by atoms with Gasteiger partial charge in [0.05, 0.1) is 21.1 Å². The van der Waals surface area contributed by atoms with Gasteiger partial charge in [0, 0.05) is 25.1 Å². The second-order valence-corrected chi connectivity index (χ2v) is 10.2. The molecular formula is C27H27N5O2S2. The van der Waals surface area contributed by atoms with Crippen molar-refractivity contribution in [3.05, 3.63) is 93.3 Å². The standard InChI is InChI=1S/C27H27N5O2S2/c28-26(24-6-2-12-35-24)31-18-8-10-21(11-9-18)33-17-20-15-23(16-30-20)34-22-5-1-4-19(14-22)32-27(29)25-7-3-13-36-25/h1-14,20,23,30H,15-17H2,(H2,28,31)(H2,29,32)/t20-,23+/m0/s1. The van der Waals surface area contributed by atoms with Crippen molar-refractivity contribution in [3.8, 4) is 11.5 Å². The lowest BCUT2D eigenvalue weighted by molar-refractivity contribution is 0.211. The van der Waals surface area contributed by atoms with Crippen LogP contribution in [0.3, 0.4) is 0 Å². The number of hydrogen-bond acceptors (Lipinski definition) is 7. The summed E-state index contributed by atoms with van der Waals surface area (Å²) in [6.07, 6.45) is 0.911. The Morgan fingerprint density at radius 2 is 1.53 bits per heavy atom. The van der Waals surface area contributed by atoms with Gasteiger partial charge in [-0.15, -0.1) is 22.7 Å². The third-order valence-corrected chi connectivity index (χ3v) is 7.42. The molecule has 5 rings (SSSR count). The Labute approximate surface area is 218 Å². The second-order valence-electron chi connectivity index (χ2n) is 8.33. The number of amidine groups is 2. The van der Waals surface area contributed by atoms with Crippen LogP contribution in [-0.2, 0) is 0 Å². The average molecular weight is 518 g/mol. The molecule has 4 aromatic rings. The van der Waals surface area contributed by atoms with E-state index in [2.05, 4.69) is 15.3 Å². The number of thiophene rings is 2. The Kier molecular flexibility index (Phi) is 7.61. The van der Waals surface area contributed by atoms with Crippen LogP contribution in [-0.4, -0.2) is 37.0 Å². The van der Waals surface area contributed by atoms with Crippen LogP contribution in [0.2, 0.25) is 0 Å². The molecule has 3 heterocycles. The molecule has 36 heavy (non-hydrogen) atoms. The average Bonchev–Trinajstić information content (AvgIpc) is 3.67. The van der Waals surface area contributed by atoms with Crippen LogP contribution in [0.5, 0.6) is 11.5 Å². The molecule has 2 atom stereocenters. The van der Waals surface area contributed by atoms with E-state index in [-0.39, 0.29) is 12.1 Å². The summed E-state index contributed by atoms with van der Waals surface area (Å²) in [7, 11) is 0. The van der Waals surface area contributed by atoms with E-state index < -0.39 is 0 Å². The van der Waals surface area contributed by atoms with Gasteiger partial charge in [-0.3, -0.25) is 0 Å². The van der Waals surface area contributed by atoms with Gasteiger partial charge in [0.2, 0.25) is 0 Å². The molecule has 0 bridgehead atoms. The van der Waals surface area contributed by atoms with E-state index in [9.17, 15) is 0 Å². The Hall–Kier alpha value is -3.66. The molecule has 0 aliphatic carbocycles. The molecule has 184 valence electrons. The van der Waals surface area contributed by atoms with Gasteiger partial charge in [0.15, 0.2) is 0 Å². The van der Waals surface area contributed by atoms with Gasteiger partial charge in [-0.1, -0.05) is 18.2 Å². The molecule has 9 heteroatoms. The Morgan fingerprint density at radius 3 is 2.19 bits per heavy atom. The zero-order valence-corrected chi connectivity index (χ0v) is 21.2. The quantitative estimate of drug-likeness (QED) is 0.212. The van der Waals surface area contributed by atoms with Gasteiger partial charge in [0.25, 0.3) is 0 Å². The van der Waals surface area contributed by atoms with E-state index in [1.165, 1.54) is 0 Å². The zero-order valence-electron chi connectivity index (χ0n) is 19.5. The lowest BCUT2D eigenvalue weighted by atomic mass is 10.2. The minimum absolute atomic E-state index is 0.0596. The summed E-state index contributed by atoms with van der Waals surface area (Å²) in [4.78, 5) is 10.9. The molecule has 1 fully saturated rings. The molecular weight excluding hydrogens is 490 g/mol. The Morgan fingerprint density at radius 1 is 0.833 bits per heavy atom. The highest BCUT2D eigenvalue weighted by Gasteiger charge is 2.26. The highest BCUT2D eigenvalue weighted by Crippen LogP contribution is 2.25. The van der Waals surface area contributed by atoms with Crippen molar-refractivity contribution in [3.63, 3.8) is 0 Å². The summed E-state index contributed by atoms with van der Waals surface area (Å²) < 4.78 is 12.2. The second kappa shape index (κ2) is 11.4. The first-order valence-corrected chi connectivity index (χ1v) is 13.4. The van der Waals surface area contributed by atoms with Gasteiger partial charge >= 0.3 is 0 Å². The number of nitrogens with zero attached hydrogens (tertiary/aromatic N) is 2. The molecule has 7 nitrogen and oxygen atoms in total. The van der Waals surface area contributed by atoms with Gasteiger partial charge in [0.1, 0.15) is 35.9 Å². The largest absolute Gasteiger partial charge is 0.492 e.